The van der Waals surface area contributed by atoms with E-state index < -0.39 is 35.4 Å². The lowest BCUT2D eigenvalue weighted by Gasteiger charge is -2.26. The van der Waals surface area contributed by atoms with Gasteiger partial charge in [0.2, 0.25) is 5.91 Å². The molecule has 9 nitrogen and oxygen atoms in total. The molecule has 1 aliphatic carbocycles. The Morgan fingerprint density at radius 1 is 0.971 bits per heavy atom. The predicted octanol–water partition coefficient (Wildman–Crippen LogP) is 1.66. The summed E-state index contributed by atoms with van der Waals surface area (Å²) in [7, 11) is 1.22. The number of fused-ring (bicyclic) bond motifs is 1. The van der Waals surface area contributed by atoms with Crippen LogP contribution in [0.2, 0.25) is 0 Å². The maximum absolute atomic E-state index is 13.1. The number of carbonyl (C=O) groups is 4. The number of carbonyl (C=O) groups excluding carboxylic acids is 4. The van der Waals surface area contributed by atoms with Crippen LogP contribution in [0, 0.1) is 0 Å². The van der Waals surface area contributed by atoms with Gasteiger partial charge in [-0.2, -0.15) is 0 Å². The molecule has 1 atom stereocenters. The number of halogens is 1. The fourth-order valence-electron chi connectivity index (χ4n) is 3.83. The molecule has 1 aliphatic rings. The molecule has 182 valence electrons. The Morgan fingerprint density at radius 3 is 2.06 bits per heavy atom. The van der Waals surface area contributed by atoms with Crippen molar-refractivity contribution in [1.29, 1.82) is 0 Å². The highest BCUT2D eigenvalue weighted by Crippen LogP contribution is 2.30. The number of nitrogens with two attached hydrogens (primary N) is 1. The smallest absolute Gasteiger partial charge is 0.328 e. The summed E-state index contributed by atoms with van der Waals surface area (Å²) in [6.07, 6.45) is 0.753. The molecule has 0 fully saturated rings. The molecule has 0 bridgehead atoms. The largest absolute Gasteiger partial charge is 0.467 e. The minimum Gasteiger partial charge on any atom is -0.467 e. The van der Waals surface area contributed by atoms with E-state index in [0.29, 0.717) is 18.4 Å². The van der Waals surface area contributed by atoms with Crippen LogP contribution in [0.1, 0.15) is 30.5 Å². The van der Waals surface area contributed by atoms with Gasteiger partial charge in [-0.05, 0) is 41.7 Å². The van der Waals surface area contributed by atoms with Gasteiger partial charge in [0.15, 0.2) is 11.5 Å². The summed E-state index contributed by atoms with van der Waals surface area (Å²) in [4.78, 5) is 48.3. The van der Waals surface area contributed by atoms with Crippen molar-refractivity contribution in [3.05, 3.63) is 59.2 Å². The molecular weight excluding hydrogens is 464 g/mol. The van der Waals surface area contributed by atoms with Crippen molar-refractivity contribution < 1.29 is 33.4 Å². The third-order valence-corrected chi connectivity index (χ3v) is 5.33. The Balaban J connectivity index is 0.00000408. The number of amides is 1. The molecule has 0 heterocycles. The molecule has 10 heteroatoms. The van der Waals surface area contributed by atoms with Gasteiger partial charge in [-0.1, -0.05) is 30.3 Å². The molecule has 2 aromatic rings. The van der Waals surface area contributed by atoms with E-state index in [2.05, 4.69) is 5.32 Å². The van der Waals surface area contributed by atoms with E-state index >= 15 is 0 Å². The van der Waals surface area contributed by atoms with E-state index in [9.17, 15) is 19.2 Å². The quantitative estimate of drug-likeness (QED) is 0.442. The van der Waals surface area contributed by atoms with Gasteiger partial charge >= 0.3 is 17.9 Å². The Labute approximate surface area is 203 Å². The summed E-state index contributed by atoms with van der Waals surface area (Å²) in [6.45, 7) is 2.43. The molecule has 0 aliphatic heterocycles. The predicted molar refractivity (Wildman–Crippen MR) is 125 cm³/mol. The standard InChI is InChI=1S/C24H26N2O7.ClH/c1-14(27)32-20-9-8-16(11-21(20)33-15(2)28)10-19(22(29)31-3)26-23(30)24(25)12-17-6-4-5-7-18(17)13-24;/h4-9,11,19H,10,12-13,25H2,1-3H3,(H,26,30);1H/t19-;/m0./s1. The molecular formula is C24H27ClN2O7. The van der Waals surface area contributed by atoms with Crippen molar-refractivity contribution in [3.63, 3.8) is 0 Å². The summed E-state index contributed by atoms with van der Waals surface area (Å²) >= 11 is 0. The zero-order valence-electron chi connectivity index (χ0n) is 19.1. The van der Waals surface area contributed by atoms with Crippen molar-refractivity contribution in [2.45, 2.75) is 44.7 Å². The monoisotopic (exact) mass is 490 g/mol. The van der Waals surface area contributed by atoms with Gasteiger partial charge in [0.25, 0.3) is 0 Å². The maximum atomic E-state index is 13.1. The van der Waals surface area contributed by atoms with Crippen molar-refractivity contribution >= 4 is 36.2 Å². The van der Waals surface area contributed by atoms with Gasteiger partial charge < -0.3 is 25.3 Å². The van der Waals surface area contributed by atoms with Crippen LogP contribution in [0.25, 0.3) is 0 Å². The molecule has 0 aromatic heterocycles. The fourth-order valence-corrected chi connectivity index (χ4v) is 3.83. The normalized spacial score (nSPS) is 14.1. The number of esters is 3. The second-order valence-electron chi connectivity index (χ2n) is 8.00. The zero-order chi connectivity index (χ0) is 24.2. The lowest BCUT2D eigenvalue weighted by molar-refractivity contribution is -0.145. The molecule has 3 N–H and O–H groups in total. The Bertz CT molecular complexity index is 1080. The number of benzene rings is 2. The number of rotatable bonds is 7. The van der Waals surface area contributed by atoms with Crippen molar-refractivity contribution in [1.82, 2.24) is 5.32 Å². The molecule has 1 amide bonds. The van der Waals surface area contributed by atoms with E-state index in [4.69, 9.17) is 19.9 Å². The highest BCUT2D eigenvalue weighted by atomic mass is 35.5. The van der Waals surface area contributed by atoms with Crippen molar-refractivity contribution in [2.24, 2.45) is 5.73 Å². The topological polar surface area (TPSA) is 134 Å². The average Bonchev–Trinajstić information content (AvgIpc) is 3.11. The van der Waals surface area contributed by atoms with E-state index in [1.165, 1.54) is 33.1 Å². The molecule has 0 spiro atoms. The third kappa shape index (κ3) is 6.33. The van der Waals surface area contributed by atoms with Gasteiger partial charge in [0.1, 0.15) is 11.6 Å². The van der Waals surface area contributed by atoms with Crippen LogP contribution >= 0.6 is 12.4 Å². The second-order valence-corrected chi connectivity index (χ2v) is 8.00. The molecule has 2 aromatic carbocycles. The number of ether oxygens (including phenoxy) is 3. The first-order chi connectivity index (χ1) is 15.6. The van der Waals surface area contributed by atoms with Gasteiger partial charge in [-0.15, -0.1) is 12.4 Å². The summed E-state index contributed by atoms with van der Waals surface area (Å²) in [5, 5.41) is 2.71. The zero-order valence-corrected chi connectivity index (χ0v) is 19.9. The van der Waals surface area contributed by atoms with Gasteiger partial charge in [-0.25, -0.2) is 4.79 Å². The molecule has 0 saturated carbocycles. The van der Waals surface area contributed by atoms with Crippen molar-refractivity contribution in [2.75, 3.05) is 7.11 Å². The first-order valence-corrected chi connectivity index (χ1v) is 10.4. The minimum absolute atomic E-state index is 0. The van der Waals surface area contributed by atoms with Crippen LogP contribution in [-0.4, -0.2) is 42.5 Å². The number of nitrogens with one attached hydrogen (secondary N) is 1. The van der Waals surface area contributed by atoms with Crippen LogP contribution in [0.15, 0.2) is 42.5 Å². The number of hydrogen-bond acceptors (Lipinski definition) is 8. The fraction of sp³-hybridized carbons (Fsp3) is 0.333. The molecule has 34 heavy (non-hydrogen) atoms. The van der Waals surface area contributed by atoms with E-state index in [-0.39, 0.29) is 30.3 Å². The minimum atomic E-state index is -1.18. The highest BCUT2D eigenvalue weighted by molar-refractivity contribution is 5.92. The average molecular weight is 491 g/mol. The first kappa shape index (κ1) is 26.8. The summed E-state index contributed by atoms with van der Waals surface area (Å²) in [6, 6.07) is 11.1. The Hall–Kier alpha value is -3.43. The summed E-state index contributed by atoms with van der Waals surface area (Å²) < 4.78 is 15.1. The summed E-state index contributed by atoms with van der Waals surface area (Å²) in [5.74, 6) is -2.23. The number of methoxy groups -OCH3 is 1. The second kappa shape index (κ2) is 11.1. The Morgan fingerprint density at radius 2 is 1.53 bits per heavy atom. The summed E-state index contributed by atoms with van der Waals surface area (Å²) in [5.41, 5.74) is 7.76. The molecule has 0 saturated heterocycles. The third-order valence-electron chi connectivity index (χ3n) is 5.33. The van der Waals surface area contributed by atoms with Crippen LogP contribution < -0.4 is 20.5 Å². The van der Waals surface area contributed by atoms with Gasteiger partial charge in [0.05, 0.1) is 7.11 Å². The SMILES string of the molecule is COC(=O)[C@H](Cc1ccc(OC(C)=O)c(OC(C)=O)c1)NC(=O)C1(N)Cc2ccccc2C1.Cl. The number of hydrogen-bond donors (Lipinski definition) is 2. The van der Waals surface area contributed by atoms with Gasteiger partial charge in [0, 0.05) is 20.3 Å². The van der Waals surface area contributed by atoms with Crippen LogP contribution in [-0.2, 0) is 43.2 Å². The van der Waals surface area contributed by atoms with Crippen molar-refractivity contribution in [3.8, 4) is 11.5 Å². The lowest BCUT2D eigenvalue weighted by atomic mass is 9.95. The van der Waals surface area contributed by atoms with Crippen LogP contribution in [0.4, 0.5) is 0 Å². The van der Waals surface area contributed by atoms with E-state index in [1.54, 1.807) is 6.07 Å². The van der Waals surface area contributed by atoms with Crippen LogP contribution in [0.3, 0.4) is 0 Å². The Kier molecular flexibility index (Phi) is 8.78. The van der Waals surface area contributed by atoms with Crippen LogP contribution in [0.5, 0.6) is 11.5 Å². The molecule has 3 rings (SSSR count). The lowest BCUT2D eigenvalue weighted by Crippen LogP contribution is -2.58. The van der Waals surface area contributed by atoms with E-state index in [1.807, 2.05) is 24.3 Å². The molecule has 0 unspecified atom stereocenters. The van der Waals surface area contributed by atoms with E-state index in [0.717, 1.165) is 11.1 Å². The van der Waals surface area contributed by atoms with Gasteiger partial charge in [-0.3, -0.25) is 14.4 Å². The maximum Gasteiger partial charge on any atom is 0.328 e. The first-order valence-electron chi connectivity index (χ1n) is 10.4. The molecule has 0 radical (unpaired) electrons. The highest BCUT2D eigenvalue weighted by Gasteiger charge is 2.41.